The van der Waals surface area contributed by atoms with E-state index >= 15 is 0 Å². The van der Waals surface area contributed by atoms with Gasteiger partial charge in [-0.25, -0.2) is 4.98 Å². The highest BCUT2D eigenvalue weighted by molar-refractivity contribution is 6.11. The molecule has 0 unspecified atom stereocenters. The highest BCUT2D eigenvalue weighted by Crippen LogP contribution is 2.33. The molecular weight excluding hydrogens is 463 g/mol. The number of rotatable bonds is 5. The third-order valence-electron chi connectivity index (χ3n) is 5.98. The summed E-state index contributed by atoms with van der Waals surface area (Å²) in [5.41, 5.74) is 5.31. The molecule has 5 rings (SSSR count). The molecule has 180 valence electrons. The molecule has 0 atom stereocenters. The van der Waals surface area contributed by atoms with E-state index in [1.54, 1.807) is 0 Å². The molecule has 36 heavy (non-hydrogen) atoms. The maximum atomic E-state index is 12.7. The predicted octanol–water partition coefficient (Wildman–Crippen LogP) is 7.04. The fourth-order valence-corrected chi connectivity index (χ4v) is 4.10. The van der Waals surface area contributed by atoms with Crippen molar-refractivity contribution in [3.05, 3.63) is 107 Å². The van der Waals surface area contributed by atoms with Crippen LogP contribution >= 0.6 is 0 Å². The number of benzene rings is 3. The summed E-state index contributed by atoms with van der Waals surface area (Å²) in [6, 6.07) is 22.7. The number of aromatic nitrogens is 2. The van der Waals surface area contributed by atoms with Crippen molar-refractivity contribution in [2.45, 2.75) is 19.6 Å². The summed E-state index contributed by atoms with van der Waals surface area (Å²) in [6.07, 6.45) is -1.62. The van der Waals surface area contributed by atoms with E-state index < -0.39 is 11.7 Å². The topological polar surface area (TPSA) is 57.8 Å². The number of pyridine rings is 1. The van der Waals surface area contributed by atoms with Crippen LogP contribution in [0.5, 0.6) is 0 Å². The molecule has 0 saturated heterocycles. The Morgan fingerprint density at radius 3 is 2.42 bits per heavy atom. The molecule has 0 aliphatic carbocycles. The third-order valence-corrected chi connectivity index (χ3v) is 5.98. The van der Waals surface area contributed by atoms with Crippen molar-refractivity contribution in [3.63, 3.8) is 0 Å². The number of aromatic amines is 1. The molecule has 0 bridgehead atoms. The van der Waals surface area contributed by atoms with Crippen molar-refractivity contribution in [2.24, 2.45) is 0 Å². The number of amides is 1. The molecule has 0 aliphatic rings. The number of hydrogen-bond donors (Lipinski definition) is 2. The van der Waals surface area contributed by atoms with Crippen molar-refractivity contribution in [2.75, 3.05) is 0 Å². The van der Waals surface area contributed by atoms with Crippen molar-refractivity contribution < 1.29 is 18.0 Å². The van der Waals surface area contributed by atoms with Gasteiger partial charge in [-0.2, -0.15) is 13.2 Å². The molecule has 2 heterocycles. The number of aryl methyl sites for hydroxylation is 1. The molecule has 2 N–H and O–H groups in total. The molecule has 0 saturated carbocycles. The number of hydrogen-bond acceptors (Lipinski definition) is 2. The highest BCUT2D eigenvalue weighted by atomic mass is 19.4. The van der Waals surface area contributed by atoms with E-state index in [-0.39, 0.29) is 12.5 Å². The molecule has 4 nitrogen and oxygen atoms in total. The lowest BCUT2D eigenvalue weighted by Gasteiger charge is -2.09. The SMILES string of the molecule is Cc1ccc(-c2nc(CNC(=O)/C=C/c3ccc(C(F)(F)F)cc3)cc3c2[nH]c2ccccc23)cc1. The van der Waals surface area contributed by atoms with E-state index in [1.165, 1.54) is 24.3 Å². The van der Waals surface area contributed by atoms with Crippen LogP contribution in [0.15, 0.2) is 84.9 Å². The number of halogens is 3. The van der Waals surface area contributed by atoms with Crippen LogP contribution in [0.2, 0.25) is 0 Å². The van der Waals surface area contributed by atoms with Crippen molar-refractivity contribution >= 4 is 33.8 Å². The summed E-state index contributed by atoms with van der Waals surface area (Å²) in [6.45, 7) is 2.23. The lowest BCUT2D eigenvalue weighted by Crippen LogP contribution is -2.21. The lowest BCUT2D eigenvalue weighted by atomic mass is 10.1. The van der Waals surface area contributed by atoms with E-state index in [0.717, 1.165) is 50.8 Å². The van der Waals surface area contributed by atoms with E-state index in [2.05, 4.69) is 10.3 Å². The van der Waals surface area contributed by atoms with Gasteiger partial charge in [0, 0.05) is 27.9 Å². The van der Waals surface area contributed by atoms with Gasteiger partial charge in [-0.3, -0.25) is 4.79 Å². The Kier molecular flexibility index (Phi) is 6.06. The monoisotopic (exact) mass is 485 g/mol. The van der Waals surface area contributed by atoms with Gasteiger partial charge in [0.25, 0.3) is 0 Å². The molecule has 3 aromatic carbocycles. The van der Waals surface area contributed by atoms with Gasteiger partial charge < -0.3 is 10.3 Å². The van der Waals surface area contributed by atoms with Crippen LogP contribution in [0, 0.1) is 6.92 Å². The van der Waals surface area contributed by atoms with Gasteiger partial charge in [0.2, 0.25) is 5.91 Å². The number of alkyl halides is 3. The summed E-state index contributed by atoms with van der Waals surface area (Å²) in [4.78, 5) is 20.7. The molecule has 1 amide bonds. The van der Waals surface area contributed by atoms with Crippen LogP contribution in [0.25, 0.3) is 39.1 Å². The molecule has 2 aromatic heterocycles. The van der Waals surface area contributed by atoms with E-state index in [9.17, 15) is 18.0 Å². The Labute approximate surface area is 205 Å². The van der Waals surface area contributed by atoms with Crippen LogP contribution in [-0.4, -0.2) is 15.9 Å². The number of para-hydroxylation sites is 1. The third kappa shape index (κ3) is 4.86. The van der Waals surface area contributed by atoms with Gasteiger partial charge in [0.1, 0.15) is 0 Å². The molecule has 0 spiro atoms. The van der Waals surface area contributed by atoms with Gasteiger partial charge >= 0.3 is 6.18 Å². The first-order valence-corrected chi connectivity index (χ1v) is 11.4. The summed E-state index contributed by atoms with van der Waals surface area (Å²) < 4.78 is 38.2. The number of carbonyl (C=O) groups is 1. The van der Waals surface area contributed by atoms with Gasteiger partial charge in [-0.1, -0.05) is 60.2 Å². The van der Waals surface area contributed by atoms with Crippen LogP contribution in [0.3, 0.4) is 0 Å². The van der Waals surface area contributed by atoms with Crippen molar-refractivity contribution in [1.29, 1.82) is 0 Å². The van der Waals surface area contributed by atoms with E-state index in [4.69, 9.17) is 4.98 Å². The average molecular weight is 486 g/mol. The van der Waals surface area contributed by atoms with Crippen molar-refractivity contribution in [1.82, 2.24) is 15.3 Å². The summed E-state index contributed by atoms with van der Waals surface area (Å²) >= 11 is 0. The summed E-state index contributed by atoms with van der Waals surface area (Å²) in [5.74, 6) is -0.368. The standard InChI is InChI=1S/C29H22F3N3O/c1-18-6-11-20(12-7-18)27-28-24(23-4-2-3-5-25(23)35-28)16-22(34-27)17-33-26(36)15-10-19-8-13-21(14-9-19)29(30,31)32/h2-16,35H,17H2,1H3,(H,33,36)/b15-10+. The number of carbonyl (C=O) groups excluding carboxylic acids is 1. The molecule has 7 heteroatoms. The first kappa shape index (κ1) is 23.4. The van der Waals surface area contributed by atoms with Crippen molar-refractivity contribution in [3.8, 4) is 11.3 Å². The zero-order valence-corrected chi connectivity index (χ0v) is 19.4. The minimum atomic E-state index is -4.39. The lowest BCUT2D eigenvalue weighted by molar-refractivity contribution is -0.137. The van der Waals surface area contributed by atoms with Gasteiger partial charge in [0.05, 0.1) is 29.0 Å². The van der Waals surface area contributed by atoms with Gasteiger partial charge in [-0.15, -0.1) is 0 Å². The number of fused-ring (bicyclic) bond motifs is 3. The Balaban J connectivity index is 1.40. The predicted molar refractivity (Wildman–Crippen MR) is 136 cm³/mol. The maximum Gasteiger partial charge on any atom is 0.416 e. The Hall–Kier alpha value is -4.39. The minimum Gasteiger partial charge on any atom is -0.353 e. The Morgan fingerprint density at radius 2 is 1.69 bits per heavy atom. The Morgan fingerprint density at radius 1 is 0.972 bits per heavy atom. The highest BCUT2D eigenvalue weighted by Gasteiger charge is 2.29. The maximum absolute atomic E-state index is 12.7. The number of H-pyrrole nitrogens is 1. The zero-order chi connectivity index (χ0) is 25.3. The van der Waals surface area contributed by atoms with Crippen LogP contribution in [-0.2, 0) is 17.5 Å². The second-order valence-electron chi connectivity index (χ2n) is 8.59. The first-order valence-electron chi connectivity index (χ1n) is 11.4. The first-order chi connectivity index (χ1) is 17.3. The fraction of sp³-hybridized carbons (Fsp3) is 0.103. The van der Waals surface area contributed by atoms with E-state index in [1.807, 2.05) is 61.5 Å². The average Bonchev–Trinajstić information content (AvgIpc) is 3.25. The van der Waals surface area contributed by atoms with Crippen LogP contribution in [0.4, 0.5) is 13.2 Å². The quantitative estimate of drug-likeness (QED) is 0.262. The zero-order valence-electron chi connectivity index (χ0n) is 19.4. The molecule has 0 radical (unpaired) electrons. The fourth-order valence-electron chi connectivity index (χ4n) is 4.10. The normalized spacial score (nSPS) is 12.0. The molecular formula is C29H22F3N3O. The Bertz CT molecular complexity index is 1580. The van der Waals surface area contributed by atoms with Gasteiger partial charge in [0.15, 0.2) is 0 Å². The summed E-state index contributed by atoms with van der Waals surface area (Å²) in [7, 11) is 0. The molecule has 0 fully saturated rings. The molecule has 5 aromatic rings. The smallest absolute Gasteiger partial charge is 0.353 e. The second kappa shape index (κ2) is 9.34. The summed E-state index contributed by atoms with van der Waals surface area (Å²) in [5, 5.41) is 4.90. The van der Waals surface area contributed by atoms with Crippen LogP contribution in [0.1, 0.15) is 22.4 Å². The second-order valence-corrected chi connectivity index (χ2v) is 8.59. The number of nitrogens with zero attached hydrogens (tertiary/aromatic N) is 1. The van der Waals surface area contributed by atoms with Gasteiger partial charge in [-0.05, 0) is 42.8 Å². The largest absolute Gasteiger partial charge is 0.416 e. The minimum absolute atomic E-state index is 0.199. The number of nitrogens with one attached hydrogen (secondary N) is 2. The van der Waals surface area contributed by atoms with Crippen LogP contribution < -0.4 is 5.32 Å². The molecule has 0 aliphatic heterocycles. The van der Waals surface area contributed by atoms with E-state index in [0.29, 0.717) is 11.3 Å².